The molecule has 3 rings (SSSR count). The van der Waals surface area contributed by atoms with Gasteiger partial charge in [-0.3, -0.25) is 9.69 Å². The molecule has 1 aliphatic heterocycles. The molecule has 1 saturated heterocycles. The lowest BCUT2D eigenvalue weighted by Crippen LogP contribution is -2.44. The maximum absolute atomic E-state index is 12.3. The van der Waals surface area contributed by atoms with Crippen molar-refractivity contribution in [2.24, 2.45) is 0 Å². The maximum Gasteiger partial charge on any atom is 0.258 e. The number of methoxy groups -OCH3 is 1. The predicted octanol–water partition coefficient (Wildman–Crippen LogP) is 2.92. The number of rotatable bonds is 8. The van der Waals surface area contributed by atoms with E-state index in [0.717, 1.165) is 24.4 Å². The van der Waals surface area contributed by atoms with E-state index in [0.29, 0.717) is 30.5 Å². The first-order valence-corrected chi connectivity index (χ1v) is 9.65. The molecule has 2 aromatic rings. The summed E-state index contributed by atoms with van der Waals surface area (Å²) < 4.78 is 16.1. The second-order valence-electron chi connectivity index (χ2n) is 6.45. The van der Waals surface area contributed by atoms with Crippen molar-refractivity contribution in [1.82, 2.24) is 10.2 Å². The van der Waals surface area contributed by atoms with Crippen LogP contribution in [0.25, 0.3) is 0 Å². The van der Waals surface area contributed by atoms with Crippen LogP contribution in [0.1, 0.15) is 11.6 Å². The Morgan fingerprint density at radius 1 is 1.14 bits per heavy atom. The van der Waals surface area contributed by atoms with Gasteiger partial charge in [-0.15, -0.1) is 0 Å². The number of nitrogens with one attached hydrogen (secondary N) is 1. The van der Waals surface area contributed by atoms with Crippen LogP contribution < -0.4 is 14.8 Å². The number of carbonyl (C=O) groups excluding carboxylic acids is 1. The van der Waals surface area contributed by atoms with Gasteiger partial charge in [-0.2, -0.15) is 0 Å². The number of halogens is 1. The van der Waals surface area contributed by atoms with Gasteiger partial charge in [0.05, 0.1) is 26.4 Å². The highest BCUT2D eigenvalue weighted by Crippen LogP contribution is 2.27. The van der Waals surface area contributed by atoms with Crippen LogP contribution in [0, 0.1) is 0 Å². The molecule has 0 unspecified atom stereocenters. The van der Waals surface area contributed by atoms with Crippen LogP contribution in [-0.4, -0.2) is 57.4 Å². The molecule has 1 amide bonds. The summed E-state index contributed by atoms with van der Waals surface area (Å²) in [4.78, 5) is 14.6. The first-order chi connectivity index (χ1) is 13.7. The Morgan fingerprint density at radius 2 is 1.82 bits per heavy atom. The number of ether oxygens (including phenoxy) is 3. The third-order valence-electron chi connectivity index (χ3n) is 4.67. The van der Waals surface area contributed by atoms with E-state index in [9.17, 15) is 4.79 Å². The Balaban J connectivity index is 1.57. The highest BCUT2D eigenvalue weighted by atomic mass is 35.5. The molecule has 0 bridgehead atoms. The lowest BCUT2D eigenvalue weighted by molar-refractivity contribution is -0.123. The first-order valence-electron chi connectivity index (χ1n) is 9.27. The Morgan fingerprint density at radius 3 is 2.50 bits per heavy atom. The molecule has 150 valence electrons. The number of hydrogen-bond acceptors (Lipinski definition) is 5. The van der Waals surface area contributed by atoms with E-state index in [-0.39, 0.29) is 18.6 Å². The van der Waals surface area contributed by atoms with Gasteiger partial charge < -0.3 is 19.5 Å². The molecule has 1 fully saturated rings. The molecule has 7 heteroatoms. The molecule has 0 aromatic heterocycles. The van der Waals surface area contributed by atoms with Crippen LogP contribution in [0.3, 0.4) is 0 Å². The predicted molar refractivity (Wildman–Crippen MR) is 108 cm³/mol. The van der Waals surface area contributed by atoms with Gasteiger partial charge in [0.15, 0.2) is 6.61 Å². The Bertz CT molecular complexity index is 763. The van der Waals surface area contributed by atoms with Gasteiger partial charge >= 0.3 is 0 Å². The summed E-state index contributed by atoms with van der Waals surface area (Å²) >= 11 is 6.41. The molecule has 1 heterocycles. The van der Waals surface area contributed by atoms with Crippen molar-refractivity contribution in [3.05, 3.63) is 59.1 Å². The first kappa shape index (κ1) is 20.5. The SMILES string of the molecule is COc1ccc(OCC(=O)NC[C@H](c2ccccc2Cl)N2CCOCC2)cc1. The van der Waals surface area contributed by atoms with Crippen LogP contribution in [0.2, 0.25) is 5.02 Å². The molecule has 28 heavy (non-hydrogen) atoms. The third kappa shape index (κ3) is 5.61. The molecule has 6 nitrogen and oxygen atoms in total. The van der Waals surface area contributed by atoms with Crippen molar-refractivity contribution >= 4 is 17.5 Å². The van der Waals surface area contributed by atoms with Gasteiger partial charge in [-0.1, -0.05) is 29.8 Å². The zero-order chi connectivity index (χ0) is 19.8. The summed E-state index contributed by atoms with van der Waals surface area (Å²) in [6, 6.07) is 14.9. The Kier molecular flexibility index (Phi) is 7.54. The zero-order valence-corrected chi connectivity index (χ0v) is 16.7. The van der Waals surface area contributed by atoms with Crippen molar-refractivity contribution in [3.8, 4) is 11.5 Å². The molecule has 0 spiro atoms. The minimum absolute atomic E-state index is 0.0115. The lowest BCUT2D eigenvalue weighted by atomic mass is 10.0. The summed E-state index contributed by atoms with van der Waals surface area (Å²) in [5.74, 6) is 1.18. The molecule has 1 aliphatic rings. The van der Waals surface area contributed by atoms with Crippen molar-refractivity contribution < 1.29 is 19.0 Å². The highest BCUT2D eigenvalue weighted by Gasteiger charge is 2.24. The monoisotopic (exact) mass is 404 g/mol. The van der Waals surface area contributed by atoms with Crippen molar-refractivity contribution in [2.75, 3.05) is 46.6 Å². The quantitative estimate of drug-likeness (QED) is 0.733. The number of morpholine rings is 1. The minimum atomic E-state index is -0.180. The number of benzene rings is 2. The van der Waals surface area contributed by atoms with Gasteiger partial charge in [0.25, 0.3) is 5.91 Å². The van der Waals surface area contributed by atoms with E-state index >= 15 is 0 Å². The van der Waals surface area contributed by atoms with E-state index in [4.69, 9.17) is 25.8 Å². The van der Waals surface area contributed by atoms with Crippen molar-refractivity contribution in [2.45, 2.75) is 6.04 Å². The number of carbonyl (C=O) groups is 1. The largest absolute Gasteiger partial charge is 0.497 e. The topological polar surface area (TPSA) is 60.0 Å². The van der Waals surface area contributed by atoms with E-state index < -0.39 is 0 Å². The van der Waals surface area contributed by atoms with Gasteiger partial charge in [-0.25, -0.2) is 0 Å². The Labute approximate surface area is 170 Å². The lowest BCUT2D eigenvalue weighted by Gasteiger charge is -2.35. The summed E-state index contributed by atoms with van der Waals surface area (Å²) in [6.07, 6.45) is 0. The van der Waals surface area contributed by atoms with E-state index in [1.807, 2.05) is 24.3 Å². The van der Waals surface area contributed by atoms with Gasteiger partial charge in [0.2, 0.25) is 0 Å². The summed E-state index contributed by atoms with van der Waals surface area (Å²) in [6.45, 7) is 3.35. The van der Waals surface area contributed by atoms with Crippen LogP contribution in [0.4, 0.5) is 0 Å². The van der Waals surface area contributed by atoms with Gasteiger partial charge in [0, 0.05) is 24.7 Å². The molecule has 1 N–H and O–H groups in total. The summed E-state index contributed by atoms with van der Waals surface area (Å²) in [7, 11) is 1.60. The standard InChI is InChI=1S/C21H25ClN2O4/c1-26-16-6-8-17(9-7-16)28-15-21(25)23-14-20(24-10-12-27-13-11-24)18-4-2-3-5-19(18)22/h2-9,20H,10-15H2,1H3,(H,23,25)/t20-/m1/s1. The second-order valence-corrected chi connectivity index (χ2v) is 6.86. The number of nitrogens with zero attached hydrogens (tertiary/aromatic N) is 1. The highest BCUT2D eigenvalue weighted by molar-refractivity contribution is 6.31. The third-order valence-corrected chi connectivity index (χ3v) is 5.02. The molecule has 2 aromatic carbocycles. The normalized spacial score (nSPS) is 15.6. The van der Waals surface area contributed by atoms with E-state index in [1.54, 1.807) is 31.4 Å². The van der Waals surface area contributed by atoms with Crippen LogP contribution in [-0.2, 0) is 9.53 Å². The van der Waals surface area contributed by atoms with Crippen LogP contribution >= 0.6 is 11.6 Å². The fraction of sp³-hybridized carbons (Fsp3) is 0.381. The zero-order valence-electron chi connectivity index (χ0n) is 15.9. The van der Waals surface area contributed by atoms with Crippen molar-refractivity contribution in [1.29, 1.82) is 0 Å². The number of hydrogen-bond donors (Lipinski definition) is 1. The summed E-state index contributed by atoms with van der Waals surface area (Å²) in [5, 5.41) is 3.67. The van der Waals surface area contributed by atoms with E-state index in [1.165, 1.54) is 0 Å². The van der Waals surface area contributed by atoms with Gasteiger partial charge in [-0.05, 0) is 35.9 Å². The van der Waals surface area contributed by atoms with Crippen LogP contribution in [0.5, 0.6) is 11.5 Å². The molecule has 1 atom stereocenters. The molecule has 0 saturated carbocycles. The smallest absolute Gasteiger partial charge is 0.258 e. The molecular formula is C21H25ClN2O4. The van der Waals surface area contributed by atoms with Crippen LogP contribution in [0.15, 0.2) is 48.5 Å². The average molecular weight is 405 g/mol. The molecular weight excluding hydrogens is 380 g/mol. The Hall–Kier alpha value is -2.28. The van der Waals surface area contributed by atoms with Crippen molar-refractivity contribution in [3.63, 3.8) is 0 Å². The summed E-state index contributed by atoms with van der Waals surface area (Å²) in [5.41, 5.74) is 1.00. The minimum Gasteiger partial charge on any atom is -0.497 e. The fourth-order valence-electron chi connectivity index (χ4n) is 3.15. The average Bonchev–Trinajstić information content (AvgIpc) is 2.74. The maximum atomic E-state index is 12.3. The van der Waals surface area contributed by atoms with E-state index in [2.05, 4.69) is 10.2 Å². The molecule has 0 aliphatic carbocycles. The molecule has 0 radical (unpaired) electrons. The fourth-order valence-corrected chi connectivity index (χ4v) is 3.41. The van der Waals surface area contributed by atoms with Gasteiger partial charge in [0.1, 0.15) is 11.5 Å². The second kappa shape index (κ2) is 10.3. The number of amides is 1.